The molecule has 1 aromatic carbocycles. The van der Waals surface area contributed by atoms with E-state index in [1.165, 1.54) is 0 Å². The zero-order chi connectivity index (χ0) is 14.2. The van der Waals surface area contributed by atoms with E-state index in [-0.39, 0.29) is 5.91 Å². The highest BCUT2D eigenvalue weighted by Gasteiger charge is 2.05. The van der Waals surface area contributed by atoms with Crippen LogP contribution in [0.3, 0.4) is 0 Å². The fourth-order valence-electron chi connectivity index (χ4n) is 1.69. The van der Waals surface area contributed by atoms with Gasteiger partial charge in [-0.25, -0.2) is 4.98 Å². The van der Waals surface area contributed by atoms with Crippen molar-refractivity contribution >= 4 is 5.91 Å². The van der Waals surface area contributed by atoms with Gasteiger partial charge in [-0.05, 0) is 24.3 Å². The lowest BCUT2D eigenvalue weighted by atomic mass is 10.2. The average Bonchev–Trinajstić information content (AvgIpc) is 2.99. The Morgan fingerprint density at radius 1 is 1.40 bits per heavy atom. The van der Waals surface area contributed by atoms with Gasteiger partial charge in [0, 0.05) is 30.4 Å². The number of aromatic amines is 1. The van der Waals surface area contributed by atoms with Gasteiger partial charge in [0.1, 0.15) is 12.4 Å². The van der Waals surface area contributed by atoms with E-state index in [9.17, 15) is 4.79 Å². The summed E-state index contributed by atoms with van der Waals surface area (Å²) >= 11 is 0. The zero-order valence-corrected chi connectivity index (χ0v) is 11.1. The number of carbonyl (C=O) groups is 1. The van der Waals surface area contributed by atoms with E-state index in [1.807, 2.05) is 0 Å². The van der Waals surface area contributed by atoms with E-state index >= 15 is 0 Å². The normalized spacial score (nSPS) is 10.0. The van der Waals surface area contributed by atoms with Gasteiger partial charge in [-0.1, -0.05) is 12.7 Å². The van der Waals surface area contributed by atoms with Gasteiger partial charge >= 0.3 is 0 Å². The van der Waals surface area contributed by atoms with Crippen molar-refractivity contribution in [3.05, 3.63) is 60.7 Å². The van der Waals surface area contributed by atoms with E-state index in [1.54, 1.807) is 42.9 Å². The molecule has 0 aliphatic heterocycles. The number of hydrogen-bond donors (Lipinski definition) is 2. The molecule has 1 amide bonds. The van der Waals surface area contributed by atoms with Gasteiger partial charge in [0.2, 0.25) is 0 Å². The molecule has 0 fully saturated rings. The molecule has 2 aromatic rings. The topological polar surface area (TPSA) is 67.0 Å². The molecular weight excluding hydrogens is 254 g/mol. The lowest BCUT2D eigenvalue weighted by Gasteiger charge is -2.06. The third-order valence-corrected chi connectivity index (χ3v) is 2.72. The number of nitrogens with one attached hydrogen (secondary N) is 2. The first-order chi connectivity index (χ1) is 9.79. The highest BCUT2D eigenvalue weighted by Crippen LogP contribution is 2.12. The number of hydrogen-bond acceptors (Lipinski definition) is 3. The molecule has 0 bridgehead atoms. The minimum absolute atomic E-state index is 0.0974. The summed E-state index contributed by atoms with van der Waals surface area (Å²) in [5.74, 6) is 0.624. The maximum atomic E-state index is 11.9. The predicted molar refractivity (Wildman–Crippen MR) is 76.8 cm³/mol. The standard InChI is InChI=1S/C15H17N3O2/c1-2-9-20-14-5-3-12(4-6-14)15(19)17-8-7-13-10-16-11-18-13/h2-6,10-11H,1,7-9H2,(H,16,18)(H,17,19). The molecule has 0 unspecified atom stereocenters. The summed E-state index contributed by atoms with van der Waals surface area (Å²) < 4.78 is 5.36. The van der Waals surface area contributed by atoms with Crippen molar-refractivity contribution in [1.29, 1.82) is 0 Å². The van der Waals surface area contributed by atoms with Crippen LogP contribution in [0.1, 0.15) is 16.1 Å². The summed E-state index contributed by atoms with van der Waals surface area (Å²) in [5.41, 5.74) is 1.61. The van der Waals surface area contributed by atoms with E-state index in [0.29, 0.717) is 18.7 Å². The molecule has 2 N–H and O–H groups in total. The largest absolute Gasteiger partial charge is 0.490 e. The van der Waals surface area contributed by atoms with Crippen LogP contribution in [0.2, 0.25) is 0 Å². The zero-order valence-electron chi connectivity index (χ0n) is 11.1. The first kappa shape index (κ1) is 13.9. The van der Waals surface area contributed by atoms with Crippen molar-refractivity contribution in [2.24, 2.45) is 0 Å². The number of H-pyrrole nitrogens is 1. The lowest BCUT2D eigenvalue weighted by molar-refractivity contribution is 0.0954. The van der Waals surface area contributed by atoms with Crippen molar-refractivity contribution in [3.63, 3.8) is 0 Å². The number of nitrogens with zero attached hydrogens (tertiary/aromatic N) is 1. The molecule has 104 valence electrons. The van der Waals surface area contributed by atoms with Gasteiger partial charge in [0.25, 0.3) is 5.91 Å². The van der Waals surface area contributed by atoms with E-state index in [2.05, 4.69) is 21.9 Å². The van der Waals surface area contributed by atoms with Crippen molar-refractivity contribution in [1.82, 2.24) is 15.3 Å². The first-order valence-electron chi connectivity index (χ1n) is 6.39. The molecule has 0 aliphatic carbocycles. The molecule has 0 spiro atoms. The molecule has 20 heavy (non-hydrogen) atoms. The van der Waals surface area contributed by atoms with Gasteiger partial charge in [0.15, 0.2) is 0 Å². The predicted octanol–water partition coefficient (Wildman–Crippen LogP) is 1.95. The summed E-state index contributed by atoms with van der Waals surface area (Å²) in [6.45, 7) is 4.60. The Kier molecular flexibility index (Phi) is 4.94. The Morgan fingerprint density at radius 3 is 2.85 bits per heavy atom. The fraction of sp³-hybridized carbons (Fsp3) is 0.200. The molecule has 2 rings (SSSR count). The monoisotopic (exact) mass is 271 g/mol. The molecule has 0 aliphatic rings. The molecule has 0 saturated heterocycles. The molecule has 1 heterocycles. The maximum absolute atomic E-state index is 11.9. The highest BCUT2D eigenvalue weighted by atomic mass is 16.5. The average molecular weight is 271 g/mol. The second-order valence-corrected chi connectivity index (χ2v) is 4.21. The molecule has 0 saturated carbocycles. The smallest absolute Gasteiger partial charge is 0.251 e. The van der Waals surface area contributed by atoms with E-state index < -0.39 is 0 Å². The number of carbonyl (C=O) groups excluding carboxylic acids is 1. The van der Waals surface area contributed by atoms with Gasteiger partial charge in [-0.2, -0.15) is 0 Å². The van der Waals surface area contributed by atoms with Gasteiger partial charge in [0.05, 0.1) is 6.33 Å². The SMILES string of the molecule is C=CCOc1ccc(C(=O)NCCc2cnc[nH]2)cc1. The fourth-order valence-corrected chi connectivity index (χ4v) is 1.69. The molecule has 1 aromatic heterocycles. The Labute approximate surface area is 117 Å². The summed E-state index contributed by atoms with van der Waals surface area (Å²) in [7, 11) is 0. The number of benzene rings is 1. The second-order valence-electron chi connectivity index (χ2n) is 4.21. The third kappa shape index (κ3) is 3.98. The van der Waals surface area contributed by atoms with Crippen LogP contribution in [0.25, 0.3) is 0 Å². The van der Waals surface area contributed by atoms with E-state index in [4.69, 9.17) is 4.74 Å². The Hall–Kier alpha value is -2.56. The van der Waals surface area contributed by atoms with Crippen LogP contribution >= 0.6 is 0 Å². The van der Waals surface area contributed by atoms with Gasteiger partial charge in [-0.15, -0.1) is 0 Å². The van der Waals surface area contributed by atoms with Crippen molar-refractivity contribution < 1.29 is 9.53 Å². The van der Waals surface area contributed by atoms with Crippen LogP contribution in [0, 0.1) is 0 Å². The van der Waals surface area contributed by atoms with Gasteiger partial charge in [-0.3, -0.25) is 4.79 Å². The number of ether oxygens (including phenoxy) is 1. The quantitative estimate of drug-likeness (QED) is 0.756. The van der Waals surface area contributed by atoms with Gasteiger partial charge < -0.3 is 15.0 Å². The maximum Gasteiger partial charge on any atom is 0.251 e. The van der Waals surface area contributed by atoms with Crippen molar-refractivity contribution in [2.75, 3.05) is 13.2 Å². The number of amides is 1. The third-order valence-electron chi connectivity index (χ3n) is 2.72. The van der Waals surface area contributed by atoms with Crippen LogP contribution < -0.4 is 10.1 Å². The first-order valence-corrected chi connectivity index (χ1v) is 6.39. The minimum Gasteiger partial charge on any atom is -0.490 e. The summed E-state index contributed by atoms with van der Waals surface area (Å²) in [4.78, 5) is 18.8. The Morgan fingerprint density at radius 2 is 2.20 bits per heavy atom. The Balaban J connectivity index is 1.81. The highest BCUT2D eigenvalue weighted by molar-refractivity contribution is 5.94. The van der Waals surface area contributed by atoms with Crippen molar-refractivity contribution in [2.45, 2.75) is 6.42 Å². The molecule has 5 nitrogen and oxygen atoms in total. The van der Waals surface area contributed by atoms with E-state index in [0.717, 1.165) is 17.9 Å². The second kappa shape index (κ2) is 7.13. The number of aromatic nitrogens is 2. The number of rotatable bonds is 7. The van der Waals surface area contributed by atoms with Crippen LogP contribution in [0.15, 0.2) is 49.4 Å². The molecule has 0 atom stereocenters. The minimum atomic E-state index is -0.0974. The lowest BCUT2D eigenvalue weighted by Crippen LogP contribution is -2.25. The number of imidazole rings is 1. The summed E-state index contributed by atoms with van der Waals surface area (Å²) in [6.07, 6.45) is 5.78. The van der Waals surface area contributed by atoms with Crippen LogP contribution in [-0.4, -0.2) is 29.0 Å². The Bertz CT molecular complexity index is 547. The molecule has 0 radical (unpaired) electrons. The molecular formula is C15H17N3O2. The summed E-state index contributed by atoms with van der Waals surface area (Å²) in [5, 5.41) is 2.86. The van der Waals surface area contributed by atoms with Crippen LogP contribution in [0.4, 0.5) is 0 Å². The summed E-state index contributed by atoms with van der Waals surface area (Å²) in [6, 6.07) is 7.02. The van der Waals surface area contributed by atoms with Crippen molar-refractivity contribution in [3.8, 4) is 5.75 Å². The molecule has 5 heteroatoms. The van der Waals surface area contributed by atoms with Crippen LogP contribution in [-0.2, 0) is 6.42 Å². The van der Waals surface area contributed by atoms with Crippen LogP contribution in [0.5, 0.6) is 5.75 Å².